The smallest absolute Gasteiger partial charge is 0.352 e. The van der Waals surface area contributed by atoms with Gasteiger partial charge in [-0.1, -0.05) is 6.07 Å². The average molecular weight is 452 g/mol. The van der Waals surface area contributed by atoms with Crippen LogP contribution in [0.4, 0.5) is 0 Å². The van der Waals surface area contributed by atoms with Gasteiger partial charge in [-0.2, -0.15) is 17.9 Å². The van der Waals surface area contributed by atoms with Crippen molar-refractivity contribution in [2.45, 2.75) is 11.9 Å². The highest BCUT2D eigenvalue weighted by molar-refractivity contribution is 7.89. The van der Waals surface area contributed by atoms with Gasteiger partial charge in [0.25, 0.3) is 10.0 Å². The van der Waals surface area contributed by atoms with Gasteiger partial charge >= 0.3 is 5.97 Å². The third-order valence-corrected chi connectivity index (χ3v) is 6.79. The number of fused-ring (bicyclic) bond motifs is 1. The van der Waals surface area contributed by atoms with Gasteiger partial charge in [0.05, 0.1) is 18.1 Å². The van der Waals surface area contributed by atoms with E-state index in [0.29, 0.717) is 16.9 Å². The number of sulfonamides is 1. The molecule has 10 nitrogen and oxygen atoms in total. The maximum atomic E-state index is 13.0. The third kappa shape index (κ3) is 3.62. The van der Waals surface area contributed by atoms with Gasteiger partial charge < -0.3 is 9.67 Å². The summed E-state index contributed by atoms with van der Waals surface area (Å²) in [4.78, 5) is 19.9. The molecule has 0 saturated carbocycles. The maximum absolute atomic E-state index is 13.0. The minimum absolute atomic E-state index is 0.0920. The van der Waals surface area contributed by atoms with Crippen LogP contribution in [0.25, 0.3) is 16.8 Å². The number of aromatic carboxylic acids is 1. The monoisotopic (exact) mass is 452 g/mol. The number of aromatic nitrogens is 4. The van der Waals surface area contributed by atoms with Crippen molar-refractivity contribution >= 4 is 27.9 Å². The summed E-state index contributed by atoms with van der Waals surface area (Å²) < 4.78 is 29.7. The van der Waals surface area contributed by atoms with E-state index < -0.39 is 16.0 Å². The molecule has 0 aliphatic rings. The first-order chi connectivity index (χ1) is 15.2. The molecule has 0 saturated heterocycles. The molecule has 0 atom stereocenters. The highest BCUT2D eigenvalue weighted by Crippen LogP contribution is 2.22. The zero-order valence-electron chi connectivity index (χ0n) is 17.5. The Bertz CT molecular complexity index is 1450. The quantitative estimate of drug-likeness (QED) is 0.354. The van der Waals surface area contributed by atoms with Gasteiger partial charge in [0.15, 0.2) is 5.03 Å². The first-order valence-electron chi connectivity index (χ1n) is 9.50. The summed E-state index contributed by atoms with van der Waals surface area (Å²) in [6, 6.07) is 8.87. The maximum Gasteiger partial charge on any atom is 0.352 e. The van der Waals surface area contributed by atoms with Crippen molar-refractivity contribution in [2.24, 2.45) is 12.1 Å². The van der Waals surface area contributed by atoms with Crippen LogP contribution in [0.5, 0.6) is 0 Å². The summed E-state index contributed by atoms with van der Waals surface area (Å²) in [6.45, 7) is 1.55. The number of nitrogens with zero attached hydrogens (tertiary/aromatic N) is 6. The van der Waals surface area contributed by atoms with Crippen molar-refractivity contribution in [2.75, 3.05) is 7.05 Å². The molecule has 0 aromatic carbocycles. The van der Waals surface area contributed by atoms with Crippen molar-refractivity contribution in [3.8, 4) is 11.1 Å². The number of aryl methyl sites for hydroxylation is 1. The van der Waals surface area contributed by atoms with E-state index in [0.717, 1.165) is 20.1 Å². The molecule has 0 unspecified atom stereocenters. The van der Waals surface area contributed by atoms with Crippen LogP contribution in [0, 0.1) is 6.92 Å². The predicted octanol–water partition coefficient (Wildman–Crippen LogP) is 2.40. The molecule has 4 heterocycles. The number of carboxylic acids is 1. The number of carboxylic acid groups (broad SMARTS) is 1. The fourth-order valence-electron chi connectivity index (χ4n) is 3.42. The van der Waals surface area contributed by atoms with Gasteiger partial charge in [0.2, 0.25) is 0 Å². The Morgan fingerprint density at radius 2 is 2.00 bits per heavy atom. The summed E-state index contributed by atoms with van der Waals surface area (Å²) >= 11 is 0. The second kappa shape index (κ2) is 7.93. The van der Waals surface area contributed by atoms with Crippen LogP contribution in [0.1, 0.15) is 21.7 Å². The molecule has 1 N–H and O–H groups in total. The number of carbonyl (C=O) groups is 1. The predicted molar refractivity (Wildman–Crippen MR) is 118 cm³/mol. The molecular weight excluding hydrogens is 432 g/mol. The van der Waals surface area contributed by atoms with Crippen molar-refractivity contribution in [3.05, 3.63) is 72.1 Å². The van der Waals surface area contributed by atoms with Gasteiger partial charge in [-0.15, -0.1) is 0 Å². The van der Waals surface area contributed by atoms with E-state index >= 15 is 0 Å². The number of hydrogen-bond donors (Lipinski definition) is 1. The largest absolute Gasteiger partial charge is 0.477 e. The van der Waals surface area contributed by atoms with Crippen molar-refractivity contribution in [3.63, 3.8) is 0 Å². The van der Waals surface area contributed by atoms with E-state index in [1.165, 1.54) is 26.4 Å². The molecule has 11 heteroatoms. The number of hydrazone groups is 1. The van der Waals surface area contributed by atoms with E-state index in [-0.39, 0.29) is 10.7 Å². The Balaban J connectivity index is 1.67. The first kappa shape index (κ1) is 21.2. The van der Waals surface area contributed by atoms with Crippen LogP contribution in [0.2, 0.25) is 0 Å². The normalized spacial score (nSPS) is 12.0. The van der Waals surface area contributed by atoms with Crippen molar-refractivity contribution in [1.82, 2.24) is 23.3 Å². The lowest BCUT2D eigenvalue weighted by molar-refractivity contribution is 0.0684. The molecule has 4 aromatic heterocycles. The highest BCUT2D eigenvalue weighted by atomic mass is 32.2. The summed E-state index contributed by atoms with van der Waals surface area (Å²) in [5, 5.41) is 13.2. The topological polar surface area (TPSA) is 122 Å². The standard InChI is InChI=1S/C21H20N6O4S/c1-14-9-19(25(2)20(14)21(28)29)32(30,31)26(3)24-12-17-11-23-18-7-6-16(13-27(17)18)15-5-4-8-22-10-15/h4-13H,1-3H3,(H,28,29). The van der Waals surface area contributed by atoms with Crippen LogP contribution in [-0.4, -0.2) is 56.1 Å². The third-order valence-electron chi connectivity index (χ3n) is 5.08. The minimum Gasteiger partial charge on any atom is -0.477 e. The van der Waals surface area contributed by atoms with Crippen molar-refractivity contribution in [1.29, 1.82) is 0 Å². The molecule has 0 spiro atoms. The average Bonchev–Trinajstić information content (AvgIpc) is 3.32. The molecule has 0 bridgehead atoms. The summed E-state index contributed by atoms with van der Waals surface area (Å²) in [7, 11) is -1.38. The lowest BCUT2D eigenvalue weighted by atomic mass is 10.1. The minimum atomic E-state index is -4.07. The molecule has 0 aliphatic carbocycles. The molecule has 4 aromatic rings. The molecule has 4 rings (SSSR count). The van der Waals surface area contributed by atoms with Gasteiger partial charge in [-0.25, -0.2) is 9.78 Å². The molecule has 0 fully saturated rings. The number of rotatable bonds is 6. The van der Waals surface area contributed by atoms with Crippen LogP contribution in [0.3, 0.4) is 0 Å². The van der Waals surface area contributed by atoms with E-state index in [1.807, 2.05) is 30.5 Å². The SMILES string of the molecule is Cc1cc(S(=O)(=O)N(C)N=Cc2cnc3ccc(-c4cccnc4)cn23)n(C)c1C(=O)O. The lowest BCUT2D eigenvalue weighted by Crippen LogP contribution is -2.24. The fourth-order valence-corrected chi connectivity index (χ4v) is 4.63. The van der Waals surface area contributed by atoms with Gasteiger partial charge in [-0.3, -0.25) is 9.38 Å². The number of imidazole rings is 1. The Morgan fingerprint density at radius 1 is 1.22 bits per heavy atom. The van der Waals surface area contributed by atoms with Crippen LogP contribution in [-0.2, 0) is 17.1 Å². The van der Waals surface area contributed by atoms with Crippen LogP contribution >= 0.6 is 0 Å². The molecule has 0 amide bonds. The molecule has 164 valence electrons. The Hall–Kier alpha value is -3.99. The lowest BCUT2D eigenvalue weighted by Gasteiger charge is -2.14. The van der Waals surface area contributed by atoms with E-state index in [9.17, 15) is 18.3 Å². The molecule has 32 heavy (non-hydrogen) atoms. The fraction of sp³-hybridized carbons (Fsp3) is 0.143. The number of hydrogen-bond acceptors (Lipinski definition) is 6. The summed E-state index contributed by atoms with van der Waals surface area (Å²) in [5.74, 6) is -1.20. The van der Waals surface area contributed by atoms with E-state index in [2.05, 4.69) is 15.1 Å². The Labute approximate surface area is 184 Å². The highest BCUT2D eigenvalue weighted by Gasteiger charge is 2.27. The molecular formula is C21H20N6O4S. The van der Waals surface area contributed by atoms with E-state index in [1.54, 1.807) is 29.9 Å². The molecule has 0 radical (unpaired) electrons. The zero-order valence-corrected chi connectivity index (χ0v) is 18.4. The first-order valence-corrected chi connectivity index (χ1v) is 10.9. The number of pyridine rings is 2. The Kier molecular flexibility index (Phi) is 5.26. The van der Waals surface area contributed by atoms with Crippen molar-refractivity contribution < 1.29 is 18.3 Å². The van der Waals surface area contributed by atoms with Gasteiger partial charge in [-0.05, 0) is 36.8 Å². The van der Waals surface area contributed by atoms with Gasteiger partial charge in [0, 0.05) is 43.8 Å². The molecule has 0 aliphatic heterocycles. The van der Waals surface area contributed by atoms with Gasteiger partial charge in [0.1, 0.15) is 11.3 Å². The summed E-state index contributed by atoms with van der Waals surface area (Å²) in [6.07, 6.45) is 8.29. The van der Waals surface area contributed by atoms with Crippen LogP contribution < -0.4 is 0 Å². The second-order valence-corrected chi connectivity index (χ2v) is 9.03. The van der Waals surface area contributed by atoms with E-state index in [4.69, 9.17) is 0 Å². The summed E-state index contributed by atoms with van der Waals surface area (Å²) in [5.41, 5.74) is 3.35. The van der Waals surface area contributed by atoms with Crippen LogP contribution in [0.15, 0.2) is 65.2 Å². The zero-order chi connectivity index (χ0) is 23.0. The second-order valence-electron chi connectivity index (χ2n) is 7.13. The Morgan fingerprint density at radius 3 is 2.66 bits per heavy atom.